The highest BCUT2D eigenvalue weighted by Crippen LogP contribution is 2.42. The smallest absolute Gasteiger partial charge is 0.337 e. The Balaban J connectivity index is 2.20. The molecule has 2 N–H and O–H groups in total. The maximum Gasteiger partial charge on any atom is 0.337 e. The zero-order valence-corrected chi connectivity index (χ0v) is 16.9. The van der Waals surface area contributed by atoms with Crippen LogP contribution in [0.15, 0.2) is 18.2 Å². The predicted octanol–water partition coefficient (Wildman–Crippen LogP) is 3.59. The Morgan fingerprint density at radius 3 is 2.33 bits per heavy atom. The molecule has 0 aromatic heterocycles. The standard InChI is InChI=1S/C21H30N2O4/c1-14-8-9-15(18(25)27-5)12-16(14)22-19(26)21(10-6-7-11-21)13-17(24)23-20(2,3)4/h8-9,12H,6-7,10-11,13H2,1-5H3,(H,22,26)(H,23,24). The van der Waals surface area contributed by atoms with Gasteiger partial charge in [-0.15, -0.1) is 0 Å². The topological polar surface area (TPSA) is 84.5 Å². The minimum Gasteiger partial charge on any atom is -0.465 e. The van der Waals surface area contributed by atoms with Crippen molar-refractivity contribution in [2.45, 2.75) is 65.3 Å². The fraction of sp³-hybridized carbons (Fsp3) is 0.571. The van der Waals surface area contributed by atoms with Crippen LogP contribution in [-0.2, 0) is 14.3 Å². The number of ether oxygens (including phenoxy) is 1. The van der Waals surface area contributed by atoms with E-state index < -0.39 is 11.4 Å². The third-order valence-electron chi connectivity index (χ3n) is 4.96. The second kappa shape index (κ2) is 8.11. The third-order valence-corrected chi connectivity index (χ3v) is 4.96. The fourth-order valence-corrected chi connectivity index (χ4v) is 3.56. The zero-order chi connectivity index (χ0) is 20.2. The molecule has 0 unspecified atom stereocenters. The van der Waals surface area contributed by atoms with Crippen LogP contribution in [-0.4, -0.2) is 30.4 Å². The van der Waals surface area contributed by atoms with E-state index in [0.29, 0.717) is 24.1 Å². The highest BCUT2D eigenvalue weighted by molar-refractivity contribution is 6.00. The van der Waals surface area contributed by atoms with Crippen LogP contribution in [0.5, 0.6) is 0 Å². The highest BCUT2D eigenvalue weighted by Gasteiger charge is 2.43. The number of nitrogens with one attached hydrogen (secondary N) is 2. The van der Waals surface area contributed by atoms with Crippen LogP contribution in [0.1, 0.15) is 68.8 Å². The Morgan fingerprint density at radius 1 is 1.15 bits per heavy atom. The fourth-order valence-electron chi connectivity index (χ4n) is 3.56. The molecule has 0 aliphatic heterocycles. The molecule has 1 aliphatic carbocycles. The van der Waals surface area contributed by atoms with E-state index >= 15 is 0 Å². The number of benzene rings is 1. The molecular formula is C21H30N2O4. The van der Waals surface area contributed by atoms with Crippen LogP contribution in [0.25, 0.3) is 0 Å². The minimum atomic E-state index is -0.705. The van der Waals surface area contributed by atoms with Crippen molar-refractivity contribution < 1.29 is 19.1 Å². The molecule has 1 aromatic rings. The Hall–Kier alpha value is -2.37. The number of esters is 1. The van der Waals surface area contributed by atoms with E-state index in [2.05, 4.69) is 10.6 Å². The van der Waals surface area contributed by atoms with Gasteiger partial charge in [0.1, 0.15) is 0 Å². The number of hydrogen-bond acceptors (Lipinski definition) is 4. The molecular weight excluding hydrogens is 344 g/mol. The number of rotatable bonds is 5. The van der Waals surface area contributed by atoms with Crippen molar-refractivity contribution in [3.05, 3.63) is 29.3 Å². The van der Waals surface area contributed by atoms with Gasteiger partial charge in [0.05, 0.1) is 18.1 Å². The van der Waals surface area contributed by atoms with E-state index in [1.807, 2.05) is 27.7 Å². The average molecular weight is 374 g/mol. The van der Waals surface area contributed by atoms with Gasteiger partial charge in [-0.1, -0.05) is 18.9 Å². The highest BCUT2D eigenvalue weighted by atomic mass is 16.5. The van der Waals surface area contributed by atoms with Crippen LogP contribution < -0.4 is 10.6 Å². The second-order valence-corrected chi connectivity index (χ2v) is 8.44. The van der Waals surface area contributed by atoms with Gasteiger partial charge in [0, 0.05) is 17.6 Å². The molecule has 0 atom stereocenters. The molecule has 1 fully saturated rings. The van der Waals surface area contributed by atoms with Crippen LogP contribution in [0.4, 0.5) is 5.69 Å². The molecule has 1 aliphatic rings. The number of hydrogen-bond donors (Lipinski definition) is 2. The van der Waals surface area contributed by atoms with E-state index in [1.54, 1.807) is 18.2 Å². The summed E-state index contributed by atoms with van der Waals surface area (Å²) in [6, 6.07) is 5.06. The predicted molar refractivity (Wildman–Crippen MR) is 105 cm³/mol. The van der Waals surface area contributed by atoms with E-state index in [-0.39, 0.29) is 23.8 Å². The number of aryl methyl sites for hydroxylation is 1. The van der Waals surface area contributed by atoms with Crippen LogP contribution >= 0.6 is 0 Å². The third kappa shape index (κ3) is 5.31. The Bertz CT molecular complexity index is 728. The lowest BCUT2D eigenvalue weighted by molar-refractivity contribution is -0.133. The van der Waals surface area contributed by atoms with Crippen molar-refractivity contribution in [1.29, 1.82) is 0 Å². The maximum absolute atomic E-state index is 13.1. The van der Waals surface area contributed by atoms with Gasteiger partial charge in [0.15, 0.2) is 0 Å². The number of anilines is 1. The molecule has 0 bridgehead atoms. The SMILES string of the molecule is COC(=O)c1ccc(C)c(NC(=O)C2(CC(=O)NC(C)(C)C)CCCC2)c1. The molecule has 1 aromatic carbocycles. The lowest BCUT2D eigenvalue weighted by Crippen LogP contribution is -2.45. The molecule has 2 rings (SSSR count). The first-order valence-electron chi connectivity index (χ1n) is 9.38. The summed E-state index contributed by atoms with van der Waals surface area (Å²) < 4.78 is 4.75. The molecule has 0 saturated heterocycles. The largest absolute Gasteiger partial charge is 0.465 e. The van der Waals surface area contributed by atoms with E-state index in [4.69, 9.17) is 4.74 Å². The molecule has 27 heavy (non-hydrogen) atoms. The Labute approximate surface area is 161 Å². The van der Waals surface area contributed by atoms with Gasteiger partial charge in [-0.05, 0) is 58.2 Å². The Morgan fingerprint density at radius 2 is 1.78 bits per heavy atom. The van der Waals surface area contributed by atoms with Gasteiger partial charge in [-0.25, -0.2) is 4.79 Å². The molecule has 1 saturated carbocycles. The minimum absolute atomic E-state index is 0.111. The first-order chi connectivity index (χ1) is 12.6. The molecule has 0 spiro atoms. The molecule has 6 heteroatoms. The summed E-state index contributed by atoms with van der Waals surface area (Å²) in [6.07, 6.45) is 3.40. The summed E-state index contributed by atoms with van der Waals surface area (Å²) >= 11 is 0. The quantitative estimate of drug-likeness (QED) is 0.772. The molecule has 148 valence electrons. The van der Waals surface area contributed by atoms with Gasteiger partial charge >= 0.3 is 5.97 Å². The molecule has 6 nitrogen and oxygen atoms in total. The molecule has 0 radical (unpaired) electrons. The van der Waals surface area contributed by atoms with Crippen LogP contribution in [0.3, 0.4) is 0 Å². The van der Waals surface area contributed by atoms with Crippen molar-refractivity contribution >= 4 is 23.5 Å². The first-order valence-corrected chi connectivity index (χ1v) is 9.38. The summed E-state index contributed by atoms with van der Waals surface area (Å²) in [6.45, 7) is 7.64. The number of methoxy groups -OCH3 is 1. The van der Waals surface area contributed by atoms with Crippen molar-refractivity contribution in [2.24, 2.45) is 5.41 Å². The van der Waals surface area contributed by atoms with Gasteiger partial charge in [-0.2, -0.15) is 0 Å². The monoisotopic (exact) mass is 374 g/mol. The van der Waals surface area contributed by atoms with E-state index in [9.17, 15) is 14.4 Å². The van der Waals surface area contributed by atoms with Gasteiger partial charge in [0.2, 0.25) is 11.8 Å². The average Bonchev–Trinajstić information content (AvgIpc) is 3.03. The maximum atomic E-state index is 13.1. The van der Waals surface area contributed by atoms with E-state index in [0.717, 1.165) is 18.4 Å². The van der Waals surface area contributed by atoms with Gasteiger partial charge in [0.25, 0.3) is 0 Å². The summed E-state index contributed by atoms with van der Waals surface area (Å²) in [5.74, 6) is -0.723. The van der Waals surface area contributed by atoms with Gasteiger partial charge in [-0.3, -0.25) is 9.59 Å². The van der Waals surface area contributed by atoms with Crippen LogP contribution in [0, 0.1) is 12.3 Å². The summed E-state index contributed by atoms with van der Waals surface area (Å²) in [5.41, 5.74) is 0.764. The van der Waals surface area contributed by atoms with Crippen molar-refractivity contribution in [2.75, 3.05) is 12.4 Å². The summed E-state index contributed by atoms with van der Waals surface area (Å²) in [5, 5.41) is 5.91. The summed E-state index contributed by atoms with van der Waals surface area (Å²) in [4.78, 5) is 37.4. The van der Waals surface area contributed by atoms with Crippen LogP contribution in [0.2, 0.25) is 0 Å². The molecule has 0 heterocycles. The number of carbonyl (C=O) groups excluding carboxylic acids is 3. The lowest BCUT2D eigenvalue weighted by Gasteiger charge is -2.29. The first kappa shape index (κ1) is 20.9. The Kier molecular flexibility index (Phi) is 6.29. The number of amides is 2. The van der Waals surface area contributed by atoms with Crippen molar-refractivity contribution in [3.63, 3.8) is 0 Å². The van der Waals surface area contributed by atoms with E-state index in [1.165, 1.54) is 7.11 Å². The normalized spacial score (nSPS) is 15.9. The van der Waals surface area contributed by atoms with Gasteiger partial charge < -0.3 is 15.4 Å². The van der Waals surface area contributed by atoms with Crippen molar-refractivity contribution in [1.82, 2.24) is 5.32 Å². The number of carbonyl (C=O) groups is 3. The van der Waals surface area contributed by atoms with Crippen molar-refractivity contribution in [3.8, 4) is 0 Å². The molecule has 2 amide bonds. The second-order valence-electron chi connectivity index (χ2n) is 8.44. The summed E-state index contributed by atoms with van der Waals surface area (Å²) in [7, 11) is 1.32. The zero-order valence-electron chi connectivity index (χ0n) is 16.9. The lowest BCUT2D eigenvalue weighted by atomic mass is 9.81.